The molecule has 1 atom stereocenters. The molecule has 2 aromatic heterocycles. The lowest BCUT2D eigenvalue weighted by Gasteiger charge is -2.42. The fourth-order valence-electron chi connectivity index (χ4n) is 2.96. The molecule has 104 valence electrons. The van der Waals surface area contributed by atoms with Crippen LogP contribution in [0.1, 0.15) is 0 Å². The summed E-state index contributed by atoms with van der Waals surface area (Å²) < 4.78 is 6.38. The summed E-state index contributed by atoms with van der Waals surface area (Å²) in [6.07, 6.45) is 1.62. The molecule has 2 N–H and O–H groups in total. The van der Waals surface area contributed by atoms with Gasteiger partial charge in [0.15, 0.2) is 0 Å². The van der Waals surface area contributed by atoms with Crippen LogP contribution in [0.25, 0.3) is 10.2 Å². The summed E-state index contributed by atoms with van der Waals surface area (Å²) >= 11 is 1.44. The second-order valence-electron chi connectivity index (χ2n) is 5.39. The Kier molecular flexibility index (Phi) is 2.73. The van der Waals surface area contributed by atoms with Gasteiger partial charge in [-0.3, -0.25) is 4.79 Å². The molecule has 0 saturated carbocycles. The normalized spacial score (nSPS) is 23.9. The molecule has 2 saturated heterocycles. The zero-order valence-corrected chi connectivity index (χ0v) is 11.6. The summed E-state index contributed by atoms with van der Waals surface area (Å²) in [5.74, 6) is 0.0861. The molecule has 2 aliphatic heterocycles. The molecular formula is C13H14N4O2S. The van der Waals surface area contributed by atoms with Gasteiger partial charge in [0.1, 0.15) is 4.70 Å². The van der Waals surface area contributed by atoms with Gasteiger partial charge in [-0.15, -0.1) is 11.3 Å². The second kappa shape index (κ2) is 4.47. The Hall–Kier alpha value is -1.57. The maximum atomic E-state index is 12.4. The number of nitrogens with zero attached hydrogens (tertiary/aromatic N) is 2. The van der Waals surface area contributed by atoms with Gasteiger partial charge in [0.2, 0.25) is 5.88 Å². The van der Waals surface area contributed by atoms with Gasteiger partial charge in [0.05, 0.1) is 16.9 Å². The molecular weight excluding hydrogens is 276 g/mol. The van der Waals surface area contributed by atoms with Crippen LogP contribution < -0.4 is 15.4 Å². The minimum absolute atomic E-state index is 0.0265. The van der Waals surface area contributed by atoms with Crippen molar-refractivity contribution >= 4 is 27.5 Å². The van der Waals surface area contributed by atoms with E-state index in [0.29, 0.717) is 12.4 Å². The first-order valence-electron chi connectivity index (χ1n) is 6.60. The van der Waals surface area contributed by atoms with Crippen LogP contribution in [0.4, 0.5) is 0 Å². The predicted molar refractivity (Wildman–Crippen MR) is 74.7 cm³/mol. The number of hydrogen-bond donors (Lipinski definition) is 2. The Morgan fingerprint density at radius 2 is 2.20 bits per heavy atom. The highest BCUT2D eigenvalue weighted by atomic mass is 32.1. The third-order valence-electron chi connectivity index (χ3n) is 4.21. The summed E-state index contributed by atoms with van der Waals surface area (Å²) in [6.45, 7) is 3.30. The van der Waals surface area contributed by atoms with Crippen LogP contribution in [-0.2, 0) is 4.79 Å². The number of thiazole rings is 1. The summed E-state index contributed by atoms with van der Waals surface area (Å²) in [6, 6.07) is 1.82. The summed E-state index contributed by atoms with van der Waals surface area (Å²) in [5, 5.41) is 6.54. The van der Waals surface area contributed by atoms with Crippen molar-refractivity contribution in [1.29, 1.82) is 0 Å². The molecule has 2 aliphatic rings. The first-order chi connectivity index (χ1) is 9.78. The first-order valence-corrected chi connectivity index (χ1v) is 7.48. The smallest absolute Gasteiger partial charge is 0.317 e. The number of nitrogens with one attached hydrogen (secondary N) is 2. The van der Waals surface area contributed by atoms with E-state index < -0.39 is 0 Å². The fraction of sp³-hybridized carbons (Fsp3) is 0.462. The van der Waals surface area contributed by atoms with E-state index in [1.807, 2.05) is 6.07 Å². The molecule has 2 fully saturated rings. The van der Waals surface area contributed by atoms with Gasteiger partial charge in [-0.25, -0.2) is 9.97 Å². The minimum atomic E-state index is -0.190. The molecule has 7 heteroatoms. The molecule has 1 unspecified atom stereocenters. The van der Waals surface area contributed by atoms with Gasteiger partial charge in [-0.05, 0) is 6.07 Å². The molecule has 4 heterocycles. The SMILES string of the molecule is O=C(Oc1nccc2ncsc12)C1CNCC12CNC2. The van der Waals surface area contributed by atoms with Crippen molar-refractivity contribution in [1.82, 2.24) is 20.6 Å². The van der Waals surface area contributed by atoms with Gasteiger partial charge >= 0.3 is 5.97 Å². The van der Waals surface area contributed by atoms with Crippen LogP contribution in [0.5, 0.6) is 5.88 Å². The molecule has 0 amide bonds. The first kappa shape index (κ1) is 12.2. The number of carbonyl (C=O) groups excluding carboxylic acids is 1. The molecule has 1 spiro atoms. The van der Waals surface area contributed by atoms with Crippen LogP contribution >= 0.6 is 11.3 Å². The molecule has 2 aromatic rings. The molecule has 4 rings (SSSR count). The summed E-state index contributed by atoms with van der Waals surface area (Å²) in [4.78, 5) is 20.8. The van der Waals surface area contributed by atoms with Crippen molar-refractivity contribution in [3.8, 4) is 5.88 Å². The topological polar surface area (TPSA) is 76.1 Å². The van der Waals surface area contributed by atoms with E-state index in [2.05, 4.69) is 20.6 Å². The Morgan fingerprint density at radius 3 is 3.00 bits per heavy atom. The lowest BCUT2D eigenvalue weighted by atomic mass is 9.73. The highest BCUT2D eigenvalue weighted by Gasteiger charge is 2.51. The number of hydrogen-bond acceptors (Lipinski definition) is 7. The van der Waals surface area contributed by atoms with Gasteiger partial charge in [0.25, 0.3) is 0 Å². The highest BCUT2D eigenvalue weighted by molar-refractivity contribution is 7.17. The van der Waals surface area contributed by atoms with Gasteiger partial charge in [0, 0.05) is 37.8 Å². The zero-order valence-electron chi connectivity index (χ0n) is 10.8. The number of ether oxygens (including phenoxy) is 1. The van der Waals surface area contributed by atoms with Crippen LogP contribution in [-0.4, -0.2) is 42.1 Å². The lowest BCUT2D eigenvalue weighted by Crippen LogP contribution is -2.59. The van der Waals surface area contributed by atoms with Crippen molar-refractivity contribution in [3.05, 3.63) is 17.8 Å². The average molecular weight is 290 g/mol. The van der Waals surface area contributed by atoms with Gasteiger partial charge in [-0.1, -0.05) is 0 Å². The van der Waals surface area contributed by atoms with Crippen molar-refractivity contribution < 1.29 is 9.53 Å². The Labute approximate surface area is 119 Å². The highest BCUT2D eigenvalue weighted by Crippen LogP contribution is 2.37. The number of aromatic nitrogens is 2. The molecule has 20 heavy (non-hydrogen) atoms. The van der Waals surface area contributed by atoms with Gasteiger partial charge < -0.3 is 15.4 Å². The molecule has 0 bridgehead atoms. The fourth-order valence-corrected chi connectivity index (χ4v) is 3.67. The third-order valence-corrected chi connectivity index (χ3v) is 5.04. The van der Waals surface area contributed by atoms with Crippen LogP contribution in [0.15, 0.2) is 17.8 Å². The minimum Gasteiger partial charge on any atom is -0.406 e. The molecule has 0 aromatic carbocycles. The van der Waals surface area contributed by atoms with Gasteiger partial charge in [-0.2, -0.15) is 0 Å². The van der Waals surface area contributed by atoms with E-state index in [-0.39, 0.29) is 17.3 Å². The molecule has 0 radical (unpaired) electrons. The molecule has 0 aliphatic carbocycles. The summed E-state index contributed by atoms with van der Waals surface area (Å²) in [7, 11) is 0. The second-order valence-corrected chi connectivity index (χ2v) is 6.24. The molecule has 6 nitrogen and oxygen atoms in total. The van der Waals surface area contributed by atoms with Crippen molar-refractivity contribution in [2.24, 2.45) is 11.3 Å². The zero-order chi connectivity index (χ0) is 13.6. The van der Waals surface area contributed by atoms with Crippen molar-refractivity contribution in [2.45, 2.75) is 0 Å². The Balaban J connectivity index is 1.59. The number of carbonyl (C=O) groups is 1. The monoisotopic (exact) mass is 290 g/mol. The van der Waals surface area contributed by atoms with E-state index in [4.69, 9.17) is 4.74 Å². The standard InChI is InChI=1S/C13H14N4O2S/c18-12(8-3-14-4-13(8)5-15-6-13)19-11-10-9(1-2-16-11)17-7-20-10/h1-2,7-8,14-15H,3-6H2. The van der Waals surface area contributed by atoms with Crippen LogP contribution in [0.2, 0.25) is 0 Å². The maximum absolute atomic E-state index is 12.4. The van der Waals surface area contributed by atoms with Crippen molar-refractivity contribution in [2.75, 3.05) is 26.2 Å². The van der Waals surface area contributed by atoms with E-state index in [1.54, 1.807) is 11.7 Å². The van der Waals surface area contributed by atoms with Crippen molar-refractivity contribution in [3.63, 3.8) is 0 Å². The van der Waals surface area contributed by atoms with E-state index in [0.717, 1.165) is 29.9 Å². The third kappa shape index (κ3) is 1.74. The van der Waals surface area contributed by atoms with E-state index >= 15 is 0 Å². The number of rotatable bonds is 2. The van der Waals surface area contributed by atoms with Crippen LogP contribution in [0.3, 0.4) is 0 Å². The van der Waals surface area contributed by atoms with E-state index in [9.17, 15) is 4.79 Å². The van der Waals surface area contributed by atoms with Crippen LogP contribution in [0, 0.1) is 11.3 Å². The lowest BCUT2D eigenvalue weighted by molar-refractivity contribution is -0.143. The number of esters is 1. The Morgan fingerprint density at radius 1 is 1.35 bits per heavy atom. The quantitative estimate of drug-likeness (QED) is 0.780. The number of pyridine rings is 1. The largest absolute Gasteiger partial charge is 0.406 e. The van der Waals surface area contributed by atoms with E-state index in [1.165, 1.54) is 11.3 Å². The Bertz CT molecular complexity index is 667. The predicted octanol–water partition coefficient (Wildman–Crippen LogP) is 0.406. The summed E-state index contributed by atoms with van der Waals surface area (Å²) in [5.41, 5.74) is 2.58. The number of fused-ring (bicyclic) bond motifs is 1. The maximum Gasteiger partial charge on any atom is 0.317 e. The average Bonchev–Trinajstić information content (AvgIpc) is 3.05.